The summed E-state index contributed by atoms with van der Waals surface area (Å²) in [6, 6.07) is 5.98. The molecule has 2 aliphatic rings. The molecule has 0 aromatic heterocycles. The van der Waals surface area contributed by atoms with Gasteiger partial charge >= 0.3 is 0 Å². The molecule has 1 aromatic carbocycles. The van der Waals surface area contributed by atoms with Crippen LogP contribution in [0.5, 0.6) is 11.5 Å². The maximum Gasteiger partial charge on any atom is 0.161 e. The van der Waals surface area contributed by atoms with E-state index in [1.54, 1.807) is 0 Å². The van der Waals surface area contributed by atoms with E-state index in [4.69, 9.17) is 19.9 Å². The van der Waals surface area contributed by atoms with Crippen LogP contribution >= 0.6 is 0 Å². The lowest BCUT2D eigenvalue weighted by molar-refractivity contribution is 0.00727. The summed E-state index contributed by atoms with van der Waals surface area (Å²) in [6.07, 6.45) is 4.73. The van der Waals surface area contributed by atoms with Crippen LogP contribution in [-0.2, 0) is 4.74 Å². The van der Waals surface area contributed by atoms with E-state index in [0.29, 0.717) is 19.3 Å². The molecule has 0 spiro atoms. The van der Waals surface area contributed by atoms with Gasteiger partial charge in [-0.3, -0.25) is 0 Å². The summed E-state index contributed by atoms with van der Waals surface area (Å²) in [5.41, 5.74) is 7.38. The summed E-state index contributed by atoms with van der Waals surface area (Å²) in [5, 5.41) is 0. The Bertz CT molecular complexity index is 429. The van der Waals surface area contributed by atoms with Crippen molar-refractivity contribution in [3.63, 3.8) is 0 Å². The second kappa shape index (κ2) is 5.80. The van der Waals surface area contributed by atoms with E-state index < -0.39 is 0 Å². The van der Waals surface area contributed by atoms with Gasteiger partial charge in [0.25, 0.3) is 0 Å². The zero-order valence-electron chi connectivity index (χ0n) is 11.1. The molecule has 0 amide bonds. The highest BCUT2D eigenvalue weighted by molar-refractivity contribution is 5.44. The van der Waals surface area contributed by atoms with Crippen molar-refractivity contribution >= 4 is 0 Å². The molecule has 2 N–H and O–H groups in total. The van der Waals surface area contributed by atoms with Gasteiger partial charge < -0.3 is 19.9 Å². The second-order valence-electron chi connectivity index (χ2n) is 5.23. The SMILES string of the molecule is NC(CC1CCCCO1)c1ccc2c(c1)OCCO2. The van der Waals surface area contributed by atoms with E-state index in [2.05, 4.69) is 0 Å². The molecule has 19 heavy (non-hydrogen) atoms. The molecule has 1 saturated heterocycles. The van der Waals surface area contributed by atoms with Gasteiger partial charge in [0.2, 0.25) is 0 Å². The Morgan fingerprint density at radius 3 is 2.74 bits per heavy atom. The van der Waals surface area contributed by atoms with Crippen molar-refractivity contribution in [3.8, 4) is 11.5 Å². The third-order valence-corrected chi connectivity index (χ3v) is 3.79. The van der Waals surface area contributed by atoms with Crippen LogP contribution in [0, 0.1) is 0 Å². The number of benzene rings is 1. The van der Waals surface area contributed by atoms with Crippen LogP contribution in [0.1, 0.15) is 37.3 Å². The molecule has 4 nitrogen and oxygen atoms in total. The predicted octanol–water partition coefficient (Wildman–Crippen LogP) is 2.42. The quantitative estimate of drug-likeness (QED) is 0.910. The van der Waals surface area contributed by atoms with Crippen LogP contribution in [0.15, 0.2) is 18.2 Å². The molecule has 4 heteroatoms. The largest absolute Gasteiger partial charge is 0.486 e. The maximum atomic E-state index is 6.28. The van der Waals surface area contributed by atoms with Crippen molar-refractivity contribution in [3.05, 3.63) is 23.8 Å². The Labute approximate surface area is 113 Å². The average Bonchev–Trinajstić information content (AvgIpc) is 2.48. The second-order valence-corrected chi connectivity index (χ2v) is 5.23. The van der Waals surface area contributed by atoms with Gasteiger partial charge in [-0.15, -0.1) is 0 Å². The highest BCUT2D eigenvalue weighted by Gasteiger charge is 2.20. The number of rotatable bonds is 3. The smallest absolute Gasteiger partial charge is 0.161 e. The molecule has 2 aliphatic heterocycles. The number of nitrogens with two attached hydrogens (primary N) is 1. The Hall–Kier alpha value is -1.26. The molecule has 1 fully saturated rings. The van der Waals surface area contributed by atoms with E-state index in [1.807, 2.05) is 18.2 Å². The Morgan fingerprint density at radius 2 is 1.95 bits per heavy atom. The summed E-state index contributed by atoms with van der Waals surface area (Å²) in [7, 11) is 0. The summed E-state index contributed by atoms with van der Waals surface area (Å²) in [5.74, 6) is 1.62. The van der Waals surface area contributed by atoms with Crippen molar-refractivity contribution in [2.45, 2.75) is 37.8 Å². The third-order valence-electron chi connectivity index (χ3n) is 3.79. The number of hydrogen-bond donors (Lipinski definition) is 1. The summed E-state index contributed by atoms with van der Waals surface area (Å²) in [6.45, 7) is 2.10. The molecular weight excluding hydrogens is 242 g/mol. The molecule has 0 aliphatic carbocycles. The van der Waals surface area contributed by atoms with Crippen molar-refractivity contribution in [1.82, 2.24) is 0 Å². The van der Waals surface area contributed by atoms with E-state index in [9.17, 15) is 0 Å². The normalized spacial score (nSPS) is 23.9. The van der Waals surface area contributed by atoms with Crippen molar-refractivity contribution in [2.24, 2.45) is 5.73 Å². The van der Waals surface area contributed by atoms with Gasteiger partial charge in [0.15, 0.2) is 11.5 Å². The molecule has 3 rings (SSSR count). The lowest BCUT2D eigenvalue weighted by Gasteiger charge is -2.26. The highest BCUT2D eigenvalue weighted by atomic mass is 16.6. The number of fused-ring (bicyclic) bond motifs is 1. The van der Waals surface area contributed by atoms with Gasteiger partial charge in [0.1, 0.15) is 13.2 Å². The lowest BCUT2D eigenvalue weighted by Crippen LogP contribution is -2.25. The monoisotopic (exact) mass is 263 g/mol. The van der Waals surface area contributed by atoms with Crippen LogP contribution in [0.25, 0.3) is 0 Å². The van der Waals surface area contributed by atoms with E-state index in [0.717, 1.165) is 36.5 Å². The number of ether oxygens (including phenoxy) is 3. The van der Waals surface area contributed by atoms with Gasteiger partial charge in [0, 0.05) is 12.6 Å². The highest BCUT2D eigenvalue weighted by Crippen LogP contribution is 2.33. The van der Waals surface area contributed by atoms with Crippen molar-refractivity contribution in [2.75, 3.05) is 19.8 Å². The fourth-order valence-corrected chi connectivity index (χ4v) is 2.70. The van der Waals surface area contributed by atoms with Gasteiger partial charge in [-0.1, -0.05) is 6.07 Å². The molecule has 0 bridgehead atoms. The predicted molar refractivity (Wildman–Crippen MR) is 72.6 cm³/mol. The van der Waals surface area contributed by atoms with E-state index >= 15 is 0 Å². The molecule has 1 aromatic rings. The summed E-state index contributed by atoms with van der Waals surface area (Å²) >= 11 is 0. The minimum absolute atomic E-state index is 0.000994. The molecule has 0 saturated carbocycles. The first-order chi connectivity index (χ1) is 9.33. The summed E-state index contributed by atoms with van der Waals surface area (Å²) in [4.78, 5) is 0. The molecule has 2 heterocycles. The third kappa shape index (κ3) is 3.01. The Balaban J connectivity index is 1.67. The first-order valence-corrected chi connectivity index (χ1v) is 7.09. The standard InChI is InChI=1S/C15H21NO3/c16-13(10-12-3-1-2-6-17-12)11-4-5-14-15(9-11)19-8-7-18-14/h4-5,9,12-13H,1-3,6-8,10,16H2. The van der Waals surface area contributed by atoms with Crippen LogP contribution in [0.3, 0.4) is 0 Å². The lowest BCUT2D eigenvalue weighted by atomic mass is 9.97. The van der Waals surface area contributed by atoms with Crippen LogP contribution in [0.2, 0.25) is 0 Å². The molecular formula is C15H21NO3. The van der Waals surface area contributed by atoms with Gasteiger partial charge in [-0.25, -0.2) is 0 Å². The Morgan fingerprint density at radius 1 is 1.11 bits per heavy atom. The zero-order chi connectivity index (χ0) is 13.1. The van der Waals surface area contributed by atoms with Gasteiger partial charge in [-0.2, -0.15) is 0 Å². The zero-order valence-corrected chi connectivity index (χ0v) is 11.1. The minimum Gasteiger partial charge on any atom is -0.486 e. The average molecular weight is 263 g/mol. The van der Waals surface area contributed by atoms with Gasteiger partial charge in [-0.05, 0) is 43.4 Å². The van der Waals surface area contributed by atoms with Crippen LogP contribution in [-0.4, -0.2) is 25.9 Å². The number of hydrogen-bond acceptors (Lipinski definition) is 4. The maximum absolute atomic E-state index is 6.28. The minimum atomic E-state index is -0.000994. The fourth-order valence-electron chi connectivity index (χ4n) is 2.70. The Kier molecular flexibility index (Phi) is 3.89. The molecule has 0 radical (unpaired) electrons. The van der Waals surface area contributed by atoms with Crippen LogP contribution < -0.4 is 15.2 Å². The first kappa shape index (κ1) is 12.8. The topological polar surface area (TPSA) is 53.7 Å². The molecule has 2 unspecified atom stereocenters. The fraction of sp³-hybridized carbons (Fsp3) is 0.600. The molecule has 2 atom stereocenters. The van der Waals surface area contributed by atoms with Crippen molar-refractivity contribution in [1.29, 1.82) is 0 Å². The molecule has 104 valence electrons. The van der Waals surface area contributed by atoms with E-state index in [-0.39, 0.29) is 6.04 Å². The van der Waals surface area contributed by atoms with Gasteiger partial charge in [0.05, 0.1) is 6.10 Å². The van der Waals surface area contributed by atoms with Crippen LogP contribution in [0.4, 0.5) is 0 Å². The first-order valence-electron chi connectivity index (χ1n) is 7.09. The van der Waals surface area contributed by atoms with Crippen molar-refractivity contribution < 1.29 is 14.2 Å². The summed E-state index contributed by atoms with van der Waals surface area (Å²) < 4.78 is 16.9. The van der Waals surface area contributed by atoms with E-state index in [1.165, 1.54) is 12.8 Å².